The van der Waals surface area contributed by atoms with E-state index >= 15 is 0 Å². The molecular formula is C7H5ClN4. The van der Waals surface area contributed by atoms with Crippen molar-refractivity contribution in [2.75, 3.05) is 0 Å². The summed E-state index contributed by atoms with van der Waals surface area (Å²) in [6.07, 6.45) is 3.15. The van der Waals surface area contributed by atoms with E-state index in [-0.39, 0.29) is 11.0 Å². The molecule has 2 N–H and O–H groups in total. The highest BCUT2D eigenvalue weighted by molar-refractivity contribution is 6.32. The Morgan fingerprint density at radius 1 is 1.75 bits per heavy atom. The van der Waals surface area contributed by atoms with E-state index in [1.54, 1.807) is 18.3 Å². The highest BCUT2D eigenvalue weighted by Gasteiger charge is 2.04. The van der Waals surface area contributed by atoms with Crippen LogP contribution in [0.1, 0.15) is 5.56 Å². The Morgan fingerprint density at radius 2 is 2.50 bits per heavy atom. The summed E-state index contributed by atoms with van der Waals surface area (Å²) in [7, 11) is 0. The van der Waals surface area contributed by atoms with Gasteiger partial charge in [0.15, 0.2) is 6.19 Å². The zero-order valence-corrected chi connectivity index (χ0v) is 6.76. The van der Waals surface area contributed by atoms with Crippen LogP contribution in [-0.2, 0) is 0 Å². The van der Waals surface area contributed by atoms with Crippen molar-refractivity contribution >= 4 is 17.4 Å². The first kappa shape index (κ1) is 8.50. The summed E-state index contributed by atoms with van der Waals surface area (Å²) < 4.78 is 0. The van der Waals surface area contributed by atoms with E-state index in [2.05, 4.69) is 10.3 Å². The number of hydrogen-bond donors (Lipinski definition) is 2. The van der Waals surface area contributed by atoms with Crippen LogP contribution in [0.2, 0.25) is 5.15 Å². The number of hydrogen-bond acceptors (Lipinski definition) is 3. The Labute approximate surface area is 74.3 Å². The molecule has 60 valence electrons. The number of nitrogens with one attached hydrogen (secondary N) is 2. The first-order valence-electron chi connectivity index (χ1n) is 3.10. The number of amidine groups is 1. The van der Waals surface area contributed by atoms with Crippen LogP contribution >= 0.6 is 11.6 Å². The van der Waals surface area contributed by atoms with Crippen LogP contribution in [0.5, 0.6) is 0 Å². The summed E-state index contributed by atoms with van der Waals surface area (Å²) in [4.78, 5) is 3.76. The maximum absolute atomic E-state index is 8.22. The number of pyridine rings is 1. The molecule has 12 heavy (non-hydrogen) atoms. The minimum absolute atomic E-state index is 0.0457. The normalized spacial score (nSPS) is 8.67. The maximum atomic E-state index is 8.22. The molecule has 0 amide bonds. The molecule has 0 aliphatic heterocycles. The molecule has 0 atom stereocenters. The van der Waals surface area contributed by atoms with E-state index in [1.165, 1.54) is 6.20 Å². The van der Waals surface area contributed by atoms with Gasteiger partial charge in [0.2, 0.25) is 0 Å². The van der Waals surface area contributed by atoms with Crippen LogP contribution in [-0.4, -0.2) is 10.8 Å². The fraction of sp³-hybridized carbons (Fsp3) is 0. The standard InChI is InChI=1S/C7H5ClN4/c8-6-5(2-1-3-11-6)7(10)12-4-9/h1-3H,(H2,10,12). The lowest BCUT2D eigenvalue weighted by atomic mass is 10.2. The Bertz CT molecular complexity index is 342. The third-order valence-corrected chi connectivity index (χ3v) is 1.51. The van der Waals surface area contributed by atoms with Crippen LogP contribution in [0, 0.1) is 16.9 Å². The van der Waals surface area contributed by atoms with Gasteiger partial charge in [-0.3, -0.25) is 10.7 Å². The fourth-order valence-corrected chi connectivity index (χ4v) is 0.910. The van der Waals surface area contributed by atoms with Crippen LogP contribution in [0.25, 0.3) is 0 Å². The van der Waals surface area contributed by atoms with E-state index in [4.69, 9.17) is 22.3 Å². The lowest BCUT2D eigenvalue weighted by Gasteiger charge is -2.00. The molecule has 0 spiro atoms. The van der Waals surface area contributed by atoms with Gasteiger partial charge in [0.05, 0.1) is 5.56 Å². The number of nitriles is 1. The SMILES string of the molecule is N#CNC(=N)c1cccnc1Cl. The van der Waals surface area contributed by atoms with E-state index in [0.29, 0.717) is 5.56 Å². The number of aromatic nitrogens is 1. The van der Waals surface area contributed by atoms with Crippen LogP contribution in [0.4, 0.5) is 0 Å². The number of rotatable bonds is 1. The van der Waals surface area contributed by atoms with Crippen molar-refractivity contribution < 1.29 is 0 Å². The summed E-state index contributed by atoms with van der Waals surface area (Å²) in [6.45, 7) is 0. The van der Waals surface area contributed by atoms with Gasteiger partial charge in [-0.1, -0.05) is 11.6 Å². The van der Waals surface area contributed by atoms with Gasteiger partial charge in [-0.15, -0.1) is 0 Å². The second-order valence-electron chi connectivity index (χ2n) is 1.95. The van der Waals surface area contributed by atoms with Crippen molar-refractivity contribution in [1.82, 2.24) is 10.3 Å². The molecule has 0 fully saturated rings. The number of nitrogens with zero attached hydrogens (tertiary/aromatic N) is 2. The van der Waals surface area contributed by atoms with Gasteiger partial charge in [0.1, 0.15) is 11.0 Å². The Balaban J connectivity index is 2.97. The summed E-state index contributed by atoms with van der Waals surface area (Å²) in [5.41, 5.74) is 0.417. The molecular weight excluding hydrogens is 176 g/mol. The minimum Gasteiger partial charge on any atom is -0.283 e. The first-order valence-corrected chi connectivity index (χ1v) is 3.48. The maximum Gasteiger partial charge on any atom is 0.182 e. The molecule has 1 aromatic rings. The Hall–Kier alpha value is -1.60. The molecule has 0 aliphatic carbocycles. The first-order chi connectivity index (χ1) is 5.75. The quantitative estimate of drug-likeness (QED) is 0.224. The van der Waals surface area contributed by atoms with Gasteiger partial charge in [-0.25, -0.2) is 4.98 Å². The van der Waals surface area contributed by atoms with Crippen molar-refractivity contribution in [2.24, 2.45) is 0 Å². The average Bonchev–Trinajstić information content (AvgIpc) is 2.05. The van der Waals surface area contributed by atoms with Gasteiger partial charge in [0.25, 0.3) is 0 Å². The van der Waals surface area contributed by atoms with Crippen molar-refractivity contribution in [2.45, 2.75) is 0 Å². The molecule has 5 heteroatoms. The molecule has 0 unspecified atom stereocenters. The minimum atomic E-state index is -0.0457. The smallest absolute Gasteiger partial charge is 0.182 e. The Morgan fingerprint density at radius 3 is 3.08 bits per heavy atom. The molecule has 1 rings (SSSR count). The lowest BCUT2D eigenvalue weighted by molar-refractivity contribution is 1.20. The fourth-order valence-electron chi connectivity index (χ4n) is 0.696. The van der Waals surface area contributed by atoms with Crippen LogP contribution in [0.15, 0.2) is 18.3 Å². The van der Waals surface area contributed by atoms with Gasteiger partial charge in [0, 0.05) is 6.20 Å². The zero-order valence-electron chi connectivity index (χ0n) is 6.00. The van der Waals surface area contributed by atoms with Gasteiger partial charge in [-0.2, -0.15) is 5.26 Å². The molecule has 1 heterocycles. The highest BCUT2D eigenvalue weighted by atomic mass is 35.5. The third kappa shape index (κ3) is 1.71. The monoisotopic (exact) mass is 180 g/mol. The third-order valence-electron chi connectivity index (χ3n) is 1.21. The molecule has 0 radical (unpaired) electrons. The van der Waals surface area contributed by atoms with Crippen LogP contribution < -0.4 is 5.32 Å². The summed E-state index contributed by atoms with van der Waals surface area (Å²) >= 11 is 5.65. The van der Waals surface area contributed by atoms with E-state index in [9.17, 15) is 0 Å². The predicted octanol–water partition coefficient (Wildman–Crippen LogP) is 1.13. The Kier molecular flexibility index (Phi) is 2.62. The molecule has 0 aromatic carbocycles. The van der Waals surface area contributed by atoms with Crippen molar-refractivity contribution in [3.05, 3.63) is 29.0 Å². The largest absolute Gasteiger partial charge is 0.283 e. The van der Waals surface area contributed by atoms with Crippen molar-refractivity contribution in [1.29, 1.82) is 10.7 Å². The van der Waals surface area contributed by atoms with Crippen LogP contribution in [0.3, 0.4) is 0 Å². The molecule has 4 nitrogen and oxygen atoms in total. The second-order valence-corrected chi connectivity index (χ2v) is 2.31. The van der Waals surface area contributed by atoms with Gasteiger partial charge in [-0.05, 0) is 12.1 Å². The summed E-state index contributed by atoms with van der Waals surface area (Å²) in [5.74, 6) is -0.0457. The summed E-state index contributed by atoms with van der Waals surface area (Å²) in [6, 6.07) is 3.26. The molecule has 1 aromatic heterocycles. The average molecular weight is 181 g/mol. The highest BCUT2D eigenvalue weighted by Crippen LogP contribution is 2.10. The van der Waals surface area contributed by atoms with Crippen molar-refractivity contribution in [3.63, 3.8) is 0 Å². The van der Waals surface area contributed by atoms with E-state index < -0.39 is 0 Å². The summed E-state index contributed by atoms with van der Waals surface area (Å²) in [5, 5.41) is 17.9. The van der Waals surface area contributed by atoms with Gasteiger partial charge < -0.3 is 0 Å². The molecule has 0 saturated carbocycles. The van der Waals surface area contributed by atoms with Crippen molar-refractivity contribution in [3.8, 4) is 6.19 Å². The second kappa shape index (κ2) is 3.69. The molecule has 0 saturated heterocycles. The molecule has 0 bridgehead atoms. The predicted molar refractivity (Wildman–Crippen MR) is 44.8 cm³/mol. The zero-order chi connectivity index (χ0) is 8.97. The molecule has 0 aliphatic rings. The van der Waals surface area contributed by atoms with E-state index in [1.807, 2.05) is 0 Å². The lowest BCUT2D eigenvalue weighted by Crippen LogP contribution is -2.17. The topological polar surface area (TPSA) is 72.6 Å². The number of halogens is 1. The van der Waals surface area contributed by atoms with E-state index in [0.717, 1.165) is 0 Å². The van der Waals surface area contributed by atoms with Gasteiger partial charge >= 0.3 is 0 Å².